The van der Waals surface area contributed by atoms with E-state index in [1.807, 2.05) is 12.3 Å². The number of rotatable bonds is 8. The van der Waals surface area contributed by atoms with Crippen molar-refractivity contribution in [3.63, 3.8) is 0 Å². The average molecular weight is 433 g/mol. The van der Waals surface area contributed by atoms with Crippen LogP contribution in [0.3, 0.4) is 0 Å². The minimum Gasteiger partial charge on any atom is -0.493 e. The van der Waals surface area contributed by atoms with Gasteiger partial charge in [-0.3, -0.25) is 19.3 Å². The van der Waals surface area contributed by atoms with Gasteiger partial charge in [0.2, 0.25) is 0 Å². The second-order valence-corrected chi connectivity index (χ2v) is 7.85. The highest BCUT2D eigenvalue weighted by Gasteiger charge is 2.34. The van der Waals surface area contributed by atoms with Gasteiger partial charge in [0.05, 0.1) is 23.5 Å². The molecule has 3 rings (SSSR count). The van der Waals surface area contributed by atoms with E-state index in [4.69, 9.17) is 9.47 Å². The number of methoxy groups -OCH3 is 1. The predicted octanol–water partition coefficient (Wildman–Crippen LogP) is 3.62. The molecule has 1 N–H and O–H groups in total. The summed E-state index contributed by atoms with van der Waals surface area (Å²) in [7, 11) is 1.54. The van der Waals surface area contributed by atoms with Gasteiger partial charge in [-0.25, -0.2) is 0 Å². The molecule has 3 amide bonds. The summed E-state index contributed by atoms with van der Waals surface area (Å²) in [4.78, 5) is 38.8. The molecule has 1 aliphatic rings. The molecular formula is C20H20N2O5S2. The van der Waals surface area contributed by atoms with E-state index >= 15 is 0 Å². The number of hydrogen-bond acceptors (Lipinski definition) is 7. The zero-order valence-electron chi connectivity index (χ0n) is 16.0. The number of carbonyl (C=O) groups is 3. The van der Waals surface area contributed by atoms with E-state index in [9.17, 15) is 14.4 Å². The fourth-order valence-corrected chi connectivity index (χ4v) is 4.17. The number of amides is 3. The molecule has 0 unspecified atom stereocenters. The maximum absolute atomic E-state index is 12.6. The van der Waals surface area contributed by atoms with E-state index < -0.39 is 0 Å². The number of carbonyl (C=O) groups excluding carboxylic acids is 3. The number of benzene rings is 1. The van der Waals surface area contributed by atoms with Gasteiger partial charge in [-0.15, -0.1) is 11.3 Å². The second kappa shape index (κ2) is 9.62. The van der Waals surface area contributed by atoms with Crippen molar-refractivity contribution in [2.45, 2.75) is 6.92 Å². The van der Waals surface area contributed by atoms with Gasteiger partial charge >= 0.3 is 0 Å². The molecule has 0 saturated carbocycles. The lowest BCUT2D eigenvalue weighted by molar-refractivity contribution is -0.122. The number of nitrogens with zero attached hydrogens (tertiary/aromatic N) is 1. The Bertz CT molecular complexity index is 940. The Morgan fingerprint density at radius 3 is 2.76 bits per heavy atom. The summed E-state index contributed by atoms with van der Waals surface area (Å²) in [5, 5.41) is 4.17. The quantitative estimate of drug-likeness (QED) is 0.642. The lowest BCUT2D eigenvalue weighted by atomic mass is 10.2. The maximum Gasteiger partial charge on any atom is 0.293 e. The third kappa shape index (κ3) is 4.99. The number of hydrogen-bond donors (Lipinski definition) is 1. The smallest absolute Gasteiger partial charge is 0.293 e. The molecule has 1 aliphatic heterocycles. The first-order valence-corrected chi connectivity index (χ1v) is 10.6. The van der Waals surface area contributed by atoms with Crippen molar-refractivity contribution >= 4 is 46.2 Å². The van der Waals surface area contributed by atoms with Gasteiger partial charge in [-0.2, -0.15) is 0 Å². The van der Waals surface area contributed by atoms with Gasteiger partial charge in [0.1, 0.15) is 0 Å². The molecule has 1 fully saturated rings. The van der Waals surface area contributed by atoms with Crippen LogP contribution in [-0.2, 0) is 4.79 Å². The molecule has 0 bridgehead atoms. The Kier molecular flexibility index (Phi) is 6.95. The summed E-state index contributed by atoms with van der Waals surface area (Å²) >= 11 is 2.21. The van der Waals surface area contributed by atoms with Crippen LogP contribution in [0.2, 0.25) is 0 Å². The highest BCUT2D eigenvalue weighted by Crippen LogP contribution is 2.34. The first-order chi connectivity index (χ1) is 14.0. The summed E-state index contributed by atoms with van der Waals surface area (Å²) in [6.07, 6.45) is 1.65. The summed E-state index contributed by atoms with van der Waals surface area (Å²) in [6, 6.07) is 8.81. The Balaban J connectivity index is 1.64. The van der Waals surface area contributed by atoms with Crippen LogP contribution in [0, 0.1) is 0 Å². The van der Waals surface area contributed by atoms with Crippen molar-refractivity contribution in [3.8, 4) is 11.5 Å². The molecule has 9 heteroatoms. The highest BCUT2D eigenvalue weighted by molar-refractivity contribution is 8.18. The van der Waals surface area contributed by atoms with Crippen molar-refractivity contribution in [3.05, 3.63) is 51.1 Å². The number of ether oxygens (including phenoxy) is 2. The number of nitrogens with one attached hydrogen (secondary N) is 1. The van der Waals surface area contributed by atoms with Crippen LogP contribution in [0.4, 0.5) is 4.79 Å². The topological polar surface area (TPSA) is 84.9 Å². The normalized spacial score (nSPS) is 15.1. The van der Waals surface area contributed by atoms with Crippen molar-refractivity contribution < 1.29 is 23.9 Å². The van der Waals surface area contributed by atoms with Gasteiger partial charge in [-0.1, -0.05) is 12.1 Å². The maximum atomic E-state index is 12.6. The van der Waals surface area contributed by atoms with E-state index in [1.165, 1.54) is 11.3 Å². The Hall–Kier alpha value is -2.78. The van der Waals surface area contributed by atoms with E-state index in [2.05, 4.69) is 5.32 Å². The fraction of sp³-hybridized carbons (Fsp3) is 0.250. The number of thiophene rings is 1. The van der Waals surface area contributed by atoms with E-state index in [-0.39, 0.29) is 30.1 Å². The Labute approximate surface area is 176 Å². The summed E-state index contributed by atoms with van der Waals surface area (Å²) in [5.74, 6) is 0.570. The molecular weight excluding hydrogens is 412 g/mol. The molecule has 2 heterocycles. The molecule has 1 aromatic heterocycles. The van der Waals surface area contributed by atoms with Crippen LogP contribution in [0.1, 0.15) is 22.2 Å². The molecule has 7 nitrogen and oxygen atoms in total. The van der Waals surface area contributed by atoms with Crippen LogP contribution >= 0.6 is 23.1 Å². The zero-order chi connectivity index (χ0) is 20.8. The van der Waals surface area contributed by atoms with E-state index in [0.29, 0.717) is 27.9 Å². The van der Waals surface area contributed by atoms with Gasteiger partial charge < -0.3 is 14.8 Å². The number of thioether (sulfide) groups is 1. The van der Waals surface area contributed by atoms with Gasteiger partial charge in [0, 0.05) is 13.1 Å². The molecule has 0 atom stereocenters. The first kappa shape index (κ1) is 20.9. The highest BCUT2D eigenvalue weighted by atomic mass is 32.2. The Morgan fingerprint density at radius 1 is 1.24 bits per heavy atom. The molecule has 0 aliphatic carbocycles. The van der Waals surface area contributed by atoms with Crippen molar-refractivity contribution in [1.29, 1.82) is 0 Å². The van der Waals surface area contributed by atoms with E-state index in [0.717, 1.165) is 22.2 Å². The predicted molar refractivity (Wildman–Crippen MR) is 113 cm³/mol. The second-order valence-electron chi connectivity index (χ2n) is 5.91. The largest absolute Gasteiger partial charge is 0.493 e. The van der Waals surface area contributed by atoms with Crippen LogP contribution in [-0.4, -0.2) is 48.8 Å². The molecule has 29 heavy (non-hydrogen) atoms. The van der Waals surface area contributed by atoms with Crippen molar-refractivity contribution in [2.75, 3.05) is 26.8 Å². The summed E-state index contributed by atoms with van der Waals surface area (Å²) < 4.78 is 10.8. The molecule has 2 aromatic rings. The molecule has 152 valence electrons. The molecule has 1 aromatic carbocycles. The van der Waals surface area contributed by atoms with Crippen LogP contribution < -0.4 is 14.8 Å². The standard InChI is InChI=1S/C20H20N2O5S2/c1-3-27-14-7-6-13(11-15(14)26-2)12-17-19(24)22(20(25)29-17)9-8-21-18(23)16-5-4-10-28-16/h4-7,10-12H,3,8-9H2,1-2H3,(H,21,23)/b17-12+. The zero-order valence-corrected chi connectivity index (χ0v) is 17.6. The lowest BCUT2D eigenvalue weighted by Gasteiger charge is -2.12. The molecule has 1 saturated heterocycles. The molecule has 0 radical (unpaired) electrons. The van der Waals surface area contributed by atoms with E-state index in [1.54, 1.807) is 43.5 Å². The fourth-order valence-electron chi connectivity index (χ4n) is 2.67. The van der Waals surface area contributed by atoms with Gasteiger partial charge in [0.25, 0.3) is 17.1 Å². The number of imide groups is 1. The average Bonchev–Trinajstić information content (AvgIpc) is 3.34. The monoisotopic (exact) mass is 432 g/mol. The first-order valence-electron chi connectivity index (χ1n) is 8.91. The van der Waals surface area contributed by atoms with Crippen LogP contribution in [0.5, 0.6) is 11.5 Å². The minimum atomic E-state index is -0.377. The van der Waals surface area contributed by atoms with Crippen molar-refractivity contribution in [2.24, 2.45) is 0 Å². The van der Waals surface area contributed by atoms with Gasteiger partial charge in [-0.05, 0) is 53.9 Å². The lowest BCUT2D eigenvalue weighted by Crippen LogP contribution is -2.37. The SMILES string of the molecule is CCOc1ccc(/C=C2/SC(=O)N(CCNC(=O)c3cccs3)C2=O)cc1OC. The third-order valence-corrected chi connectivity index (χ3v) is 5.80. The summed E-state index contributed by atoms with van der Waals surface area (Å²) in [6.45, 7) is 2.70. The Morgan fingerprint density at radius 2 is 2.07 bits per heavy atom. The van der Waals surface area contributed by atoms with Crippen LogP contribution in [0.25, 0.3) is 6.08 Å². The third-order valence-electron chi connectivity index (χ3n) is 4.02. The summed E-state index contributed by atoms with van der Waals surface area (Å²) in [5.41, 5.74) is 0.724. The molecule has 0 spiro atoms. The van der Waals surface area contributed by atoms with Crippen molar-refractivity contribution in [1.82, 2.24) is 10.2 Å². The van der Waals surface area contributed by atoms with Gasteiger partial charge in [0.15, 0.2) is 11.5 Å². The minimum absolute atomic E-state index is 0.117. The van der Waals surface area contributed by atoms with Crippen LogP contribution in [0.15, 0.2) is 40.6 Å².